The minimum Gasteiger partial charge on any atom is -0.463 e. The molecule has 0 fully saturated rings. The highest BCUT2D eigenvalue weighted by molar-refractivity contribution is 7.13. The maximum Gasteiger partial charge on any atom is 0.306 e. The number of rotatable bonds is 7. The largest absolute Gasteiger partial charge is 0.463 e. The molecule has 1 aromatic heterocycles. The first-order chi connectivity index (χ1) is 13.9. The molecule has 0 aliphatic rings. The third-order valence-electron chi connectivity index (χ3n) is 4.31. The first-order valence-corrected chi connectivity index (χ1v) is 10.3. The predicted molar refractivity (Wildman–Crippen MR) is 118 cm³/mol. The van der Waals surface area contributed by atoms with Crippen molar-refractivity contribution in [3.63, 3.8) is 0 Å². The van der Waals surface area contributed by atoms with Gasteiger partial charge < -0.3 is 15.8 Å². The molecule has 3 rings (SSSR count). The second-order valence-corrected chi connectivity index (χ2v) is 7.92. The van der Waals surface area contributed by atoms with Crippen molar-refractivity contribution in [2.24, 2.45) is 0 Å². The van der Waals surface area contributed by atoms with Gasteiger partial charge in [0.2, 0.25) is 0 Å². The first kappa shape index (κ1) is 20.6. The molecule has 1 amide bonds. The first-order valence-electron chi connectivity index (χ1n) is 9.45. The van der Waals surface area contributed by atoms with Crippen LogP contribution in [0.4, 0.5) is 11.4 Å². The van der Waals surface area contributed by atoms with Gasteiger partial charge in [-0.25, -0.2) is 0 Å². The van der Waals surface area contributed by atoms with E-state index in [1.165, 1.54) is 0 Å². The van der Waals surface area contributed by atoms with Crippen LogP contribution in [0.1, 0.15) is 36.2 Å². The SMILES string of the molecule is CC(C)OC(=O)CCc1ccc(C(=O)Nc2cc(-c3cccs3)ccc2N)cc1. The third-order valence-corrected chi connectivity index (χ3v) is 5.23. The van der Waals surface area contributed by atoms with Crippen LogP contribution in [0.25, 0.3) is 10.4 Å². The monoisotopic (exact) mass is 408 g/mol. The number of thiophene rings is 1. The fourth-order valence-electron chi connectivity index (χ4n) is 2.85. The standard InChI is InChI=1S/C23H24N2O3S/c1-15(2)28-22(26)12-7-16-5-8-17(9-6-16)23(27)25-20-14-18(10-11-19(20)24)21-4-3-13-29-21/h3-6,8-11,13-15H,7,12,24H2,1-2H3,(H,25,27). The summed E-state index contributed by atoms with van der Waals surface area (Å²) in [6, 6.07) is 16.8. The molecule has 0 bridgehead atoms. The maximum atomic E-state index is 12.6. The van der Waals surface area contributed by atoms with Gasteiger partial charge in [-0.15, -0.1) is 11.3 Å². The Kier molecular flexibility index (Phi) is 6.67. The van der Waals surface area contributed by atoms with Crippen LogP contribution in [0.2, 0.25) is 0 Å². The van der Waals surface area contributed by atoms with Gasteiger partial charge in [-0.3, -0.25) is 9.59 Å². The van der Waals surface area contributed by atoms with Gasteiger partial charge in [0.1, 0.15) is 0 Å². The average Bonchev–Trinajstić information content (AvgIpc) is 3.23. The molecule has 0 atom stereocenters. The van der Waals surface area contributed by atoms with Gasteiger partial charge in [-0.1, -0.05) is 24.3 Å². The molecule has 5 nitrogen and oxygen atoms in total. The number of carbonyl (C=O) groups excluding carboxylic acids is 2. The fourth-order valence-corrected chi connectivity index (χ4v) is 3.57. The molecule has 0 unspecified atom stereocenters. The van der Waals surface area contributed by atoms with Crippen LogP contribution in [0, 0.1) is 0 Å². The summed E-state index contributed by atoms with van der Waals surface area (Å²) in [5.74, 6) is -0.450. The van der Waals surface area contributed by atoms with Gasteiger partial charge >= 0.3 is 5.97 Å². The Labute approximate surface area is 174 Å². The smallest absolute Gasteiger partial charge is 0.306 e. The summed E-state index contributed by atoms with van der Waals surface area (Å²) >= 11 is 1.63. The summed E-state index contributed by atoms with van der Waals surface area (Å²) in [4.78, 5) is 25.4. The molecular formula is C23H24N2O3S. The highest BCUT2D eigenvalue weighted by atomic mass is 32.1. The number of carbonyl (C=O) groups is 2. The van der Waals surface area contributed by atoms with Crippen molar-refractivity contribution >= 4 is 34.6 Å². The fraction of sp³-hybridized carbons (Fsp3) is 0.217. The van der Waals surface area contributed by atoms with Crippen molar-refractivity contribution in [2.45, 2.75) is 32.8 Å². The Morgan fingerprint density at radius 2 is 1.86 bits per heavy atom. The van der Waals surface area contributed by atoms with E-state index in [1.807, 2.05) is 55.6 Å². The summed E-state index contributed by atoms with van der Waals surface area (Å²) in [6.07, 6.45) is 0.776. The van der Waals surface area contributed by atoms with E-state index in [-0.39, 0.29) is 18.0 Å². The molecule has 6 heteroatoms. The zero-order chi connectivity index (χ0) is 20.8. The van der Waals surface area contributed by atoms with E-state index < -0.39 is 0 Å². The molecule has 0 aliphatic carbocycles. The highest BCUT2D eigenvalue weighted by Crippen LogP contribution is 2.30. The van der Waals surface area contributed by atoms with Gasteiger partial charge in [0.15, 0.2) is 0 Å². The molecule has 0 radical (unpaired) electrons. The van der Waals surface area contributed by atoms with Crippen LogP contribution < -0.4 is 11.1 Å². The van der Waals surface area contributed by atoms with E-state index in [0.29, 0.717) is 29.8 Å². The lowest BCUT2D eigenvalue weighted by Gasteiger charge is -2.11. The number of nitrogen functional groups attached to an aromatic ring is 1. The van der Waals surface area contributed by atoms with Gasteiger partial charge in [-0.2, -0.15) is 0 Å². The second kappa shape index (κ2) is 9.39. The molecule has 0 saturated heterocycles. The number of nitrogens with two attached hydrogens (primary N) is 1. The number of esters is 1. The molecular weight excluding hydrogens is 384 g/mol. The summed E-state index contributed by atoms with van der Waals surface area (Å²) in [5.41, 5.74) is 9.65. The number of amides is 1. The number of nitrogens with one attached hydrogen (secondary N) is 1. The highest BCUT2D eigenvalue weighted by Gasteiger charge is 2.11. The average molecular weight is 409 g/mol. The van der Waals surface area contributed by atoms with Gasteiger partial charge in [0, 0.05) is 16.9 Å². The molecule has 29 heavy (non-hydrogen) atoms. The number of hydrogen-bond acceptors (Lipinski definition) is 5. The molecule has 0 saturated carbocycles. The summed E-state index contributed by atoms with van der Waals surface area (Å²) in [5, 5.41) is 4.89. The van der Waals surface area contributed by atoms with E-state index in [4.69, 9.17) is 10.5 Å². The predicted octanol–water partition coefficient (Wildman–Crippen LogP) is 5.13. The van der Waals surface area contributed by atoms with Crippen LogP contribution in [0.3, 0.4) is 0 Å². The van der Waals surface area contributed by atoms with Crippen LogP contribution in [0.5, 0.6) is 0 Å². The van der Waals surface area contributed by atoms with Crippen LogP contribution in [-0.4, -0.2) is 18.0 Å². The van der Waals surface area contributed by atoms with Crippen molar-refractivity contribution in [2.75, 3.05) is 11.1 Å². The van der Waals surface area contributed by atoms with Crippen molar-refractivity contribution < 1.29 is 14.3 Å². The number of anilines is 2. The lowest BCUT2D eigenvalue weighted by atomic mass is 10.1. The number of benzene rings is 2. The minimum absolute atomic E-state index is 0.112. The van der Waals surface area contributed by atoms with Crippen LogP contribution in [0.15, 0.2) is 60.0 Å². The lowest BCUT2D eigenvalue weighted by Crippen LogP contribution is -2.13. The Morgan fingerprint density at radius 1 is 1.10 bits per heavy atom. The molecule has 0 spiro atoms. The number of aryl methyl sites for hydroxylation is 1. The minimum atomic E-state index is -0.231. The van der Waals surface area contributed by atoms with Gasteiger partial charge in [0.25, 0.3) is 5.91 Å². The zero-order valence-corrected chi connectivity index (χ0v) is 17.3. The molecule has 150 valence electrons. The maximum absolute atomic E-state index is 12.6. The summed E-state index contributed by atoms with van der Waals surface area (Å²) in [6.45, 7) is 3.66. The Hall–Kier alpha value is -3.12. The van der Waals surface area contributed by atoms with E-state index in [0.717, 1.165) is 16.0 Å². The lowest BCUT2D eigenvalue weighted by molar-refractivity contribution is -0.147. The Morgan fingerprint density at radius 3 is 2.52 bits per heavy atom. The van der Waals surface area contributed by atoms with Gasteiger partial charge in [0.05, 0.1) is 17.5 Å². The second-order valence-electron chi connectivity index (χ2n) is 6.97. The van der Waals surface area contributed by atoms with Crippen molar-refractivity contribution in [3.05, 3.63) is 71.1 Å². The van der Waals surface area contributed by atoms with Gasteiger partial charge in [-0.05, 0) is 67.1 Å². The van der Waals surface area contributed by atoms with E-state index >= 15 is 0 Å². The molecule has 0 aliphatic heterocycles. The van der Waals surface area contributed by atoms with Crippen LogP contribution >= 0.6 is 11.3 Å². The third kappa shape index (κ3) is 5.68. The molecule has 3 aromatic rings. The van der Waals surface area contributed by atoms with Crippen molar-refractivity contribution in [1.29, 1.82) is 0 Å². The molecule has 1 heterocycles. The Bertz CT molecular complexity index is 980. The van der Waals surface area contributed by atoms with Crippen molar-refractivity contribution in [1.82, 2.24) is 0 Å². The van der Waals surface area contributed by atoms with E-state index in [9.17, 15) is 9.59 Å². The summed E-state index contributed by atoms with van der Waals surface area (Å²) in [7, 11) is 0. The molecule has 2 aromatic carbocycles. The summed E-state index contributed by atoms with van der Waals surface area (Å²) < 4.78 is 5.13. The normalized spacial score (nSPS) is 10.7. The topological polar surface area (TPSA) is 81.4 Å². The molecule has 3 N–H and O–H groups in total. The van der Waals surface area contributed by atoms with Crippen LogP contribution in [-0.2, 0) is 16.0 Å². The van der Waals surface area contributed by atoms with E-state index in [2.05, 4.69) is 5.32 Å². The quantitative estimate of drug-likeness (QED) is 0.419. The Balaban J connectivity index is 1.64. The number of hydrogen-bond donors (Lipinski definition) is 2. The van der Waals surface area contributed by atoms with Crippen molar-refractivity contribution in [3.8, 4) is 10.4 Å². The zero-order valence-electron chi connectivity index (χ0n) is 16.5. The number of ether oxygens (including phenoxy) is 1. The van der Waals surface area contributed by atoms with E-state index in [1.54, 1.807) is 29.5 Å².